The lowest BCUT2D eigenvalue weighted by molar-refractivity contribution is 0.443. The normalized spacial score (nSPS) is 14.7. The van der Waals surface area contributed by atoms with E-state index in [4.69, 9.17) is 4.74 Å². The molecule has 0 radical (unpaired) electrons. The fraction of sp³-hybridized carbons (Fsp3) is 0.0769. The van der Waals surface area contributed by atoms with E-state index < -0.39 is 0 Å². The van der Waals surface area contributed by atoms with E-state index >= 15 is 0 Å². The number of allylic oxidation sites excluding steroid dienone is 5. The lowest BCUT2D eigenvalue weighted by Gasteiger charge is -2.04. The second-order valence-corrected chi connectivity index (χ2v) is 3.04. The van der Waals surface area contributed by atoms with Gasteiger partial charge in [-0.25, -0.2) is 0 Å². The molecular formula is C13H12O. The fourth-order valence-electron chi connectivity index (χ4n) is 1.26. The van der Waals surface area contributed by atoms with Gasteiger partial charge in [0.05, 0.1) is 0 Å². The average Bonchev–Trinajstić information content (AvgIpc) is 2.48. The van der Waals surface area contributed by atoms with Gasteiger partial charge in [0.1, 0.15) is 11.5 Å². The van der Waals surface area contributed by atoms with Gasteiger partial charge in [0, 0.05) is 0 Å². The zero-order valence-corrected chi connectivity index (χ0v) is 7.89. The van der Waals surface area contributed by atoms with E-state index in [2.05, 4.69) is 12.2 Å². The molecule has 0 fully saturated rings. The summed E-state index contributed by atoms with van der Waals surface area (Å²) in [5.41, 5.74) is 0. The molecule has 1 aliphatic carbocycles. The number of hydrogen-bond acceptors (Lipinski definition) is 1. The van der Waals surface area contributed by atoms with Crippen LogP contribution < -0.4 is 4.74 Å². The van der Waals surface area contributed by atoms with Crippen molar-refractivity contribution in [3.8, 4) is 5.75 Å². The summed E-state index contributed by atoms with van der Waals surface area (Å²) < 4.78 is 5.67. The standard InChI is InChI=1S/C13H12O/c1-2-5-9-12(8-4-1)14-13-10-6-3-7-11-13/h1-4,6-11H,5H2. The van der Waals surface area contributed by atoms with Crippen LogP contribution in [0.3, 0.4) is 0 Å². The smallest absolute Gasteiger partial charge is 0.127 e. The molecule has 14 heavy (non-hydrogen) atoms. The van der Waals surface area contributed by atoms with Crippen molar-refractivity contribution in [1.29, 1.82) is 0 Å². The number of hydrogen-bond donors (Lipinski definition) is 0. The molecule has 70 valence electrons. The molecule has 0 unspecified atom stereocenters. The molecule has 1 heteroatoms. The van der Waals surface area contributed by atoms with Gasteiger partial charge in [0.25, 0.3) is 0 Å². The maximum Gasteiger partial charge on any atom is 0.127 e. The monoisotopic (exact) mass is 184 g/mol. The second-order valence-electron chi connectivity index (χ2n) is 3.04. The SMILES string of the molecule is C1=CCC=C(Oc2ccccc2)C=C1. The number of rotatable bonds is 2. The zero-order chi connectivity index (χ0) is 9.64. The molecule has 0 spiro atoms. The predicted molar refractivity (Wildman–Crippen MR) is 58.1 cm³/mol. The van der Waals surface area contributed by atoms with Gasteiger partial charge in [-0.1, -0.05) is 36.4 Å². The first-order chi connectivity index (χ1) is 6.95. The van der Waals surface area contributed by atoms with Gasteiger partial charge >= 0.3 is 0 Å². The molecule has 1 nitrogen and oxygen atoms in total. The number of benzene rings is 1. The second kappa shape index (κ2) is 4.47. The summed E-state index contributed by atoms with van der Waals surface area (Å²) in [6.45, 7) is 0. The van der Waals surface area contributed by atoms with Crippen LogP contribution in [-0.4, -0.2) is 0 Å². The Labute approximate surface area is 84.0 Å². The molecule has 1 aliphatic rings. The highest BCUT2D eigenvalue weighted by Crippen LogP contribution is 2.15. The van der Waals surface area contributed by atoms with Crippen LogP contribution in [-0.2, 0) is 0 Å². The van der Waals surface area contributed by atoms with Crippen LogP contribution in [0.15, 0.2) is 66.5 Å². The van der Waals surface area contributed by atoms with E-state index in [0.717, 1.165) is 17.9 Å². The summed E-state index contributed by atoms with van der Waals surface area (Å²) in [4.78, 5) is 0. The maximum absolute atomic E-state index is 5.67. The molecule has 1 aromatic rings. The third-order valence-corrected chi connectivity index (χ3v) is 1.94. The quantitative estimate of drug-likeness (QED) is 0.683. The van der Waals surface area contributed by atoms with Gasteiger partial charge in [0.2, 0.25) is 0 Å². The molecule has 1 aromatic carbocycles. The van der Waals surface area contributed by atoms with Crippen molar-refractivity contribution in [2.45, 2.75) is 6.42 Å². The maximum atomic E-state index is 5.67. The number of ether oxygens (including phenoxy) is 1. The third-order valence-electron chi connectivity index (χ3n) is 1.94. The Morgan fingerprint density at radius 2 is 1.86 bits per heavy atom. The first kappa shape index (κ1) is 8.82. The van der Waals surface area contributed by atoms with Crippen LogP contribution >= 0.6 is 0 Å². The van der Waals surface area contributed by atoms with Crippen molar-refractivity contribution >= 4 is 0 Å². The van der Waals surface area contributed by atoms with Crippen LogP contribution in [0, 0.1) is 0 Å². The van der Waals surface area contributed by atoms with Crippen LogP contribution in [0.25, 0.3) is 0 Å². The molecule has 0 saturated heterocycles. The van der Waals surface area contributed by atoms with Gasteiger partial charge in [-0.2, -0.15) is 0 Å². The summed E-state index contributed by atoms with van der Waals surface area (Å²) in [6, 6.07) is 9.81. The van der Waals surface area contributed by atoms with Crippen molar-refractivity contribution in [1.82, 2.24) is 0 Å². The summed E-state index contributed by atoms with van der Waals surface area (Å²) in [5.74, 6) is 1.78. The molecule has 0 saturated carbocycles. The lowest BCUT2D eigenvalue weighted by atomic mass is 10.3. The summed E-state index contributed by atoms with van der Waals surface area (Å²) in [7, 11) is 0. The molecule has 0 heterocycles. The molecule has 0 aromatic heterocycles. The fourth-order valence-corrected chi connectivity index (χ4v) is 1.26. The Morgan fingerprint density at radius 3 is 2.71 bits per heavy atom. The van der Waals surface area contributed by atoms with Crippen molar-refractivity contribution in [3.63, 3.8) is 0 Å². The van der Waals surface area contributed by atoms with E-state index in [-0.39, 0.29) is 0 Å². The Morgan fingerprint density at radius 1 is 1.00 bits per heavy atom. The van der Waals surface area contributed by atoms with Crippen LogP contribution in [0.4, 0.5) is 0 Å². The van der Waals surface area contributed by atoms with Crippen LogP contribution in [0.1, 0.15) is 6.42 Å². The Bertz CT molecular complexity index is 371. The third kappa shape index (κ3) is 2.36. The minimum absolute atomic E-state index is 0.880. The van der Waals surface area contributed by atoms with E-state index in [1.807, 2.05) is 48.6 Å². The molecule has 0 aliphatic heterocycles. The van der Waals surface area contributed by atoms with Gasteiger partial charge in [-0.05, 0) is 30.7 Å². The van der Waals surface area contributed by atoms with Crippen molar-refractivity contribution in [2.75, 3.05) is 0 Å². The molecular weight excluding hydrogens is 172 g/mol. The van der Waals surface area contributed by atoms with E-state index in [9.17, 15) is 0 Å². The minimum Gasteiger partial charge on any atom is -0.458 e. The largest absolute Gasteiger partial charge is 0.458 e. The van der Waals surface area contributed by atoms with Crippen molar-refractivity contribution in [3.05, 3.63) is 66.5 Å². The molecule has 0 bridgehead atoms. The molecule has 0 N–H and O–H groups in total. The van der Waals surface area contributed by atoms with E-state index in [0.29, 0.717) is 0 Å². The first-order valence-corrected chi connectivity index (χ1v) is 4.71. The highest BCUT2D eigenvalue weighted by Gasteiger charge is 1.96. The minimum atomic E-state index is 0.880. The van der Waals surface area contributed by atoms with Gasteiger partial charge < -0.3 is 4.74 Å². The predicted octanol–water partition coefficient (Wildman–Crippen LogP) is 3.47. The van der Waals surface area contributed by atoms with Crippen LogP contribution in [0.5, 0.6) is 5.75 Å². The highest BCUT2D eigenvalue weighted by atomic mass is 16.5. The molecule has 0 atom stereocenters. The zero-order valence-electron chi connectivity index (χ0n) is 7.89. The van der Waals surface area contributed by atoms with Crippen LogP contribution in [0.2, 0.25) is 0 Å². The van der Waals surface area contributed by atoms with Gasteiger partial charge in [-0.15, -0.1) is 0 Å². The average molecular weight is 184 g/mol. The Hall–Kier alpha value is -1.76. The van der Waals surface area contributed by atoms with E-state index in [1.54, 1.807) is 0 Å². The lowest BCUT2D eigenvalue weighted by Crippen LogP contribution is -1.90. The summed E-state index contributed by atoms with van der Waals surface area (Å²) in [6.07, 6.45) is 11.1. The van der Waals surface area contributed by atoms with Crippen molar-refractivity contribution < 1.29 is 4.74 Å². The molecule has 2 rings (SSSR count). The number of para-hydroxylation sites is 1. The first-order valence-electron chi connectivity index (χ1n) is 4.71. The van der Waals surface area contributed by atoms with Crippen molar-refractivity contribution in [2.24, 2.45) is 0 Å². The summed E-state index contributed by atoms with van der Waals surface area (Å²) in [5, 5.41) is 0. The highest BCUT2D eigenvalue weighted by molar-refractivity contribution is 5.29. The Balaban J connectivity index is 2.08. The Kier molecular flexibility index (Phi) is 2.82. The van der Waals surface area contributed by atoms with Gasteiger partial charge in [-0.3, -0.25) is 0 Å². The van der Waals surface area contributed by atoms with Gasteiger partial charge in [0.15, 0.2) is 0 Å². The molecule has 0 amide bonds. The van der Waals surface area contributed by atoms with E-state index in [1.165, 1.54) is 0 Å². The summed E-state index contributed by atoms with van der Waals surface area (Å²) >= 11 is 0. The topological polar surface area (TPSA) is 9.23 Å².